The van der Waals surface area contributed by atoms with Crippen LogP contribution < -0.4 is 9.47 Å². The van der Waals surface area contributed by atoms with Crippen molar-refractivity contribution in [2.75, 3.05) is 6.79 Å². The predicted octanol–water partition coefficient (Wildman–Crippen LogP) is 3.58. The summed E-state index contributed by atoms with van der Waals surface area (Å²) in [5.41, 5.74) is -2.21. The van der Waals surface area contributed by atoms with E-state index in [1.807, 2.05) is 0 Å². The molecule has 1 atom stereocenters. The summed E-state index contributed by atoms with van der Waals surface area (Å²) in [5, 5.41) is 0. The monoisotopic (exact) mass is 287 g/mol. The van der Waals surface area contributed by atoms with Gasteiger partial charge in [0.05, 0.1) is 0 Å². The van der Waals surface area contributed by atoms with E-state index in [0.717, 1.165) is 6.61 Å². The Balaban J connectivity index is 1.92. The lowest BCUT2D eigenvalue weighted by Crippen LogP contribution is -2.38. The Morgan fingerprint density at radius 3 is 2.55 bits per heavy atom. The highest BCUT2D eigenvalue weighted by Gasteiger charge is 2.80. The zero-order valence-electron chi connectivity index (χ0n) is 11.1. The number of hydrogen-bond acceptors (Lipinski definition) is 3. The van der Waals surface area contributed by atoms with Crippen LogP contribution in [0.1, 0.15) is 25.8 Å². The van der Waals surface area contributed by atoms with Gasteiger partial charge in [0.2, 0.25) is 6.79 Å². The number of alkyl halides is 3. The van der Waals surface area contributed by atoms with Crippen LogP contribution in [0.25, 0.3) is 0 Å². The fourth-order valence-electron chi connectivity index (χ4n) is 2.60. The standard InChI is InChI=1S/C14H14F3O3/c1-12(2,6-13(7-20-13)14(15,16)17)9-4-3-5-10-11(9)19-8-18-10/h3-5,7H,6,8H2,1-2H3/q+1. The highest BCUT2D eigenvalue weighted by molar-refractivity contribution is 5.51. The molecule has 0 spiro atoms. The van der Waals surface area contributed by atoms with Gasteiger partial charge >= 0.3 is 11.8 Å². The smallest absolute Gasteiger partial charge is 0.454 e. The van der Waals surface area contributed by atoms with Crippen molar-refractivity contribution in [3.63, 3.8) is 0 Å². The Hall–Kier alpha value is -1.56. The fraction of sp³-hybridized carbons (Fsp3) is 0.500. The number of epoxide rings is 1. The van der Waals surface area contributed by atoms with E-state index >= 15 is 0 Å². The minimum Gasteiger partial charge on any atom is -0.454 e. The molecule has 20 heavy (non-hydrogen) atoms. The number of fused-ring (bicyclic) bond motifs is 1. The maximum atomic E-state index is 13.0. The van der Waals surface area contributed by atoms with Crippen LogP contribution in [0.5, 0.6) is 11.5 Å². The summed E-state index contributed by atoms with van der Waals surface area (Å²) in [4.78, 5) is 0. The minimum absolute atomic E-state index is 0.0927. The van der Waals surface area contributed by atoms with Crippen LogP contribution in [0.4, 0.5) is 13.2 Å². The van der Waals surface area contributed by atoms with Gasteiger partial charge < -0.3 is 9.47 Å². The highest BCUT2D eigenvalue weighted by atomic mass is 19.4. The summed E-state index contributed by atoms with van der Waals surface area (Å²) in [7, 11) is 0. The fourth-order valence-corrected chi connectivity index (χ4v) is 2.60. The number of ether oxygens (including phenoxy) is 3. The van der Waals surface area contributed by atoms with Crippen molar-refractivity contribution >= 4 is 0 Å². The molecular weight excluding hydrogens is 273 g/mol. The minimum atomic E-state index is -4.40. The van der Waals surface area contributed by atoms with Gasteiger partial charge in [-0.3, -0.25) is 0 Å². The van der Waals surface area contributed by atoms with Crippen LogP contribution in [0.2, 0.25) is 0 Å². The summed E-state index contributed by atoms with van der Waals surface area (Å²) < 4.78 is 54.3. The summed E-state index contributed by atoms with van der Waals surface area (Å²) in [6, 6.07) is 5.25. The van der Waals surface area contributed by atoms with E-state index in [0.29, 0.717) is 17.1 Å². The average Bonchev–Trinajstić information content (AvgIpc) is 2.97. The van der Waals surface area contributed by atoms with E-state index in [4.69, 9.17) is 9.47 Å². The Morgan fingerprint density at radius 1 is 1.25 bits per heavy atom. The van der Waals surface area contributed by atoms with Gasteiger partial charge in [0.1, 0.15) is 0 Å². The van der Waals surface area contributed by atoms with Crippen molar-refractivity contribution in [2.45, 2.75) is 37.5 Å². The van der Waals surface area contributed by atoms with Crippen molar-refractivity contribution in [3.8, 4) is 11.5 Å². The molecule has 1 fully saturated rings. The summed E-state index contributed by atoms with van der Waals surface area (Å²) in [5.74, 6) is 1.09. The normalized spacial score (nSPS) is 24.4. The first-order valence-electron chi connectivity index (χ1n) is 6.23. The Morgan fingerprint density at radius 2 is 1.95 bits per heavy atom. The molecule has 2 heterocycles. The molecule has 6 heteroatoms. The van der Waals surface area contributed by atoms with Crippen molar-refractivity contribution < 1.29 is 27.4 Å². The molecule has 0 radical (unpaired) electrons. The molecule has 1 unspecified atom stereocenters. The molecule has 2 aliphatic rings. The lowest BCUT2D eigenvalue weighted by Gasteiger charge is -2.27. The van der Waals surface area contributed by atoms with Crippen LogP contribution in [0.15, 0.2) is 18.2 Å². The van der Waals surface area contributed by atoms with E-state index in [-0.39, 0.29) is 13.2 Å². The first-order chi connectivity index (χ1) is 9.25. The second-order valence-electron chi connectivity index (χ2n) is 5.72. The van der Waals surface area contributed by atoms with Crippen molar-refractivity contribution in [1.29, 1.82) is 0 Å². The number of hydrogen-bond donors (Lipinski definition) is 0. The summed E-state index contributed by atoms with van der Waals surface area (Å²) >= 11 is 0. The predicted molar refractivity (Wildman–Crippen MR) is 64.4 cm³/mol. The first-order valence-corrected chi connectivity index (χ1v) is 6.23. The van der Waals surface area contributed by atoms with E-state index < -0.39 is 17.2 Å². The third-order valence-electron chi connectivity index (χ3n) is 3.71. The topological polar surface area (TPSA) is 31.0 Å². The van der Waals surface area contributed by atoms with Gasteiger partial charge in [-0.2, -0.15) is 13.2 Å². The van der Waals surface area contributed by atoms with Crippen LogP contribution >= 0.6 is 0 Å². The molecule has 1 saturated heterocycles. The Bertz CT molecular complexity index is 533. The lowest BCUT2D eigenvalue weighted by atomic mass is 9.76. The lowest BCUT2D eigenvalue weighted by molar-refractivity contribution is -0.188. The van der Waals surface area contributed by atoms with Gasteiger partial charge in [-0.15, -0.1) is 4.74 Å². The maximum Gasteiger partial charge on any atom is 0.469 e. The summed E-state index contributed by atoms with van der Waals surface area (Å²) in [6.45, 7) is 4.44. The molecule has 1 aromatic carbocycles. The number of halogens is 3. The Labute approximate surface area is 114 Å². The van der Waals surface area contributed by atoms with Crippen molar-refractivity contribution in [2.24, 2.45) is 0 Å². The maximum absolute atomic E-state index is 13.0. The average molecular weight is 287 g/mol. The van der Waals surface area contributed by atoms with E-state index in [2.05, 4.69) is 4.74 Å². The largest absolute Gasteiger partial charge is 0.469 e. The molecule has 2 aliphatic heterocycles. The van der Waals surface area contributed by atoms with E-state index in [9.17, 15) is 13.2 Å². The molecule has 0 bridgehead atoms. The zero-order valence-corrected chi connectivity index (χ0v) is 11.1. The van der Waals surface area contributed by atoms with Crippen LogP contribution in [0, 0.1) is 6.61 Å². The second-order valence-corrected chi connectivity index (χ2v) is 5.72. The van der Waals surface area contributed by atoms with E-state index in [1.54, 1.807) is 32.0 Å². The number of rotatable bonds is 3. The molecular formula is C14H14F3O3+. The van der Waals surface area contributed by atoms with Gasteiger partial charge in [-0.1, -0.05) is 26.0 Å². The summed E-state index contributed by atoms with van der Waals surface area (Å²) in [6.07, 6.45) is -4.59. The van der Waals surface area contributed by atoms with Crippen molar-refractivity contribution in [3.05, 3.63) is 30.4 Å². The van der Waals surface area contributed by atoms with Crippen LogP contribution in [0.3, 0.4) is 0 Å². The van der Waals surface area contributed by atoms with Gasteiger partial charge in [0.15, 0.2) is 11.5 Å². The third kappa shape index (κ3) is 1.98. The first kappa shape index (κ1) is 13.4. The molecule has 108 valence electrons. The Kier molecular flexibility index (Phi) is 2.67. The van der Waals surface area contributed by atoms with Crippen LogP contribution in [-0.4, -0.2) is 18.6 Å². The molecule has 0 aliphatic carbocycles. The molecule has 0 N–H and O–H groups in total. The number of para-hydroxylation sites is 1. The number of benzene rings is 1. The molecule has 0 amide bonds. The molecule has 3 nitrogen and oxygen atoms in total. The quantitative estimate of drug-likeness (QED) is 0.629. The van der Waals surface area contributed by atoms with Gasteiger partial charge in [0, 0.05) is 17.4 Å². The van der Waals surface area contributed by atoms with Gasteiger partial charge in [-0.05, 0) is 6.07 Å². The SMILES string of the molecule is CC(C)(CC1(C(F)(F)F)[CH+]O1)c1cccc2c1OCO2. The molecule has 0 saturated carbocycles. The third-order valence-corrected chi connectivity index (χ3v) is 3.71. The second kappa shape index (κ2) is 3.97. The van der Waals surface area contributed by atoms with Crippen molar-refractivity contribution in [1.82, 2.24) is 0 Å². The van der Waals surface area contributed by atoms with E-state index in [1.165, 1.54) is 0 Å². The van der Waals surface area contributed by atoms with Gasteiger partial charge in [-0.25, -0.2) is 0 Å². The highest BCUT2D eigenvalue weighted by Crippen LogP contribution is 2.55. The van der Waals surface area contributed by atoms with Gasteiger partial charge in [0.25, 0.3) is 6.61 Å². The molecule has 0 aromatic heterocycles. The zero-order chi connectivity index (χ0) is 14.6. The van der Waals surface area contributed by atoms with Crippen LogP contribution in [-0.2, 0) is 10.2 Å². The molecule has 3 rings (SSSR count). The molecule has 1 aromatic rings.